The molecule has 2 saturated heterocycles. The van der Waals surface area contributed by atoms with Gasteiger partial charge in [0.05, 0.1) is 0 Å². The first-order chi connectivity index (χ1) is 8.79. The van der Waals surface area contributed by atoms with E-state index in [2.05, 4.69) is 12.2 Å². The molecule has 0 spiro atoms. The number of carbonyl (C=O) groups is 1. The highest BCUT2D eigenvalue weighted by Crippen LogP contribution is 2.34. The van der Waals surface area contributed by atoms with Crippen LogP contribution in [-0.4, -0.2) is 55.9 Å². The Morgan fingerprint density at radius 1 is 1.25 bits per heavy atom. The third kappa shape index (κ3) is 2.83. The Kier molecular flexibility index (Phi) is 5.49. The van der Waals surface area contributed by atoms with Crippen molar-refractivity contribution in [3.63, 3.8) is 0 Å². The van der Waals surface area contributed by atoms with Crippen molar-refractivity contribution < 1.29 is 13.2 Å². The summed E-state index contributed by atoms with van der Waals surface area (Å²) in [6.07, 6.45) is 2.95. The van der Waals surface area contributed by atoms with Gasteiger partial charge in [-0.05, 0) is 45.2 Å². The van der Waals surface area contributed by atoms with E-state index in [1.165, 1.54) is 6.26 Å². The number of rotatable bonds is 2. The summed E-state index contributed by atoms with van der Waals surface area (Å²) in [7, 11) is -3.40. The van der Waals surface area contributed by atoms with Gasteiger partial charge in [0.2, 0.25) is 5.91 Å². The normalized spacial score (nSPS) is 29.9. The molecule has 2 heterocycles. The average molecular weight is 325 g/mol. The fourth-order valence-electron chi connectivity index (χ4n) is 3.22. The molecule has 118 valence electrons. The van der Waals surface area contributed by atoms with E-state index >= 15 is 0 Å². The molecule has 0 bridgehead atoms. The zero-order chi connectivity index (χ0) is 14.3. The Bertz CT molecular complexity index is 460. The van der Waals surface area contributed by atoms with E-state index < -0.39 is 14.6 Å². The maximum atomic E-state index is 12.8. The highest BCUT2D eigenvalue weighted by atomic mass is 35.5. The third-order valence-electron chi connectivity index (χ3n) is 4.91. The summed E-state index contributed by atoms with van der Waals surface area (Å²) < 4.78 is 23.2. The van der Waals surface area contributed by atoms with E-state index in [4.69, 9.17) is 0 Å². The van der Waals surface area contributed by atoms with Gasteiger partial charge in [0.15, 0.2) is 14.6 Å². The molecule has 0 aromatic heterocycles. The van der Waals surface area contributed by atoms with Crippen LogP contribution in [0.15, 0.2) is 0 Å². The second-order valence-electron chi connectivity index (χ2n) is 6.02. The van der Waals surface area contributed by atoms with Crippen LogP contribution in [0.3, 0.4) is 0 Å². The molecule has 0 aliphatic carbocycles. The van der Waals surface area contributed by atoms with Crippen LogP contribution in [0.25, 0.3) is 0 Å². The fraction of sp³-hybridized carbons (Fsp3) is 0.923. The van der Waals surface area contributed by atoms with Crippen molar-refractivity contribution in [1.82, 2.24) is 10.2 Å². The van der Waals surface area contributed by atoms with E-state index in [0.717, 1.165) is 6.42 Å². The van der Waals surface area contributed by atoms with Crippen molar-refractivity contribution in [2.24, 2.45) is 5.92 Å². The molecule has 2 aliphatic heterocycles. The number of hydrogen-bond acceptors (Lipinski definition) is 4. The van der Waals surface area contributed by atoms with Gasteiger partial charge < -0.3 is 10.2 Å². The van der Waals surface area contributed by atoms with Crippen LogP contribution in [0.4, 0.5) is 0 Å². The van der Waals surface area contributed by atoms with E-state index in [1.54, 1.807) is 4.90 Å². The van der Waals surface area contributed by atoms with E-state index in [9.17, 15) is 13.2 Å². The second-order valence-corrected chi connectivity index (χ2v) is 8.35. The molecular weight excluding hydrogens is 300 g/mol. The number of hydrogen-bond donors (Lipinski definition) is 1. The number of carbonyl (C=O) groups excluding carboxylic acids is 1. The van der Waals surface area contributed by atoms with Gasteiger partial charge in [-0.25, -0.2) is 8.42 Å². The quantitative estimate of drug-likeness (QED) is 0.817. The predicted octanol–water partition coefficient (Wildman–Crippen LogP) is 0.832. The van der Waals surface area contributed by atoms with Gasteiger partial charge in [0, 0.05) is 18.8 Å². The molecule has 5 nitrogen and oxygen atoms in total. The summed E-state index contributed by atoms with van der Waals surface area (Å²) in [4.78, 5) is 14.6. The van der Waals surface area contributed by atoms with Crippen molar-refractivity contribution in [1.29, 1.82) is 0 Å². The monoisotopic (exact) mass is 324 g/mol. The minimum atomic E-state index is -3.40. The number of nitrogens with zero attached hydrogens (tertiary/aromatic N) is 1. The minimum Gasteiger partial charge on any atom is -0.338 e. The molecule has 7 heteroatoms. The zero-order valence-corrected chi connectivity index (χ0v) is 14.0. The molecule has 0 aromatic carbocycles. The fourth-order valence-corrected chi connectivity index (χ4v) is 4.60. The molecule has 2 atom stereocenters. The van der Waals surface area contributed by atoms with E-state index in [-0.39, 0.29) is 24.4 Å². The van der Waals surface area contributed by atoms with Crippen LogP contribution >= 0.6 is 12.4 Å². The van der Waals surface area contributed by atoms with Crippen LogP contribution in [-0.2, 0) is 14.6 Å². The largest absolute Gasteiger partial charge is 0.338 e. The standard InChI is InChI=1S/C13H24N2O3S.ClH/c1-10-4-9-15(11(10)2)12(16)13(19(3,17)18)5-7-14-8-6-13;/h10-11,14H,4-9H2,1-3H3;1H. The number of halogens is 1. The van der Waals surface area contributed by atoms with Gasteiger partial charge in [0.25, 0.3) is 0 Å². The molecule has 2 unspecified atom stereocenters. The van der Waals surface area contributed by atoms with Crippen LogP contribution in [0.5, 0.6) is 0 Å². The maximum absolute atomic E-state index is 12.8. The lowest BCUT2D eigenvalue weighted by Gasteiger charge is -2.39. The highest BCUT2D eigenvalue weighted by molar-refractivity contribution is 7.92. The summed E-state index contributed by atoms with van der Waals surface area (Å²) in [5, 5.41) is 3.14. The molecule has 2 aliphatic rings. The van der Waals surface area contributed by atoms with Crippen LogP contribution in [0.1, 0.15) is 33.1 Å². The van der Waals surface area contributed by atoms with Gasteiger partial charge in [-0.1, -0.05) is 6.92 Å². The smallest absolute Gasteiger partial charge is 0.244 e. The zero-order valence-electron chi connectivity index (χ0n) is 12.4. The first kappa shape index (κ1) is 17.7. The first-order valence-corrected chi connectivity index (χ1v) is 8.90. The molecule has 0 saturated carbocycles. The van der Waals surface area contributed by atoms with Gasteiger partial charge in [0.1, 0.15) is 0 Å². The number of sulfone groups is 1. The van der Waals surface area contributed by atoms with Crippen molar-refractivity contribution >= 4 is 28.2 Å². The minimum absolute atomic E-state index is 0. The molecule has 1 amide bonds. The number of likely N-dealkylation sites (tertiary alicyclic amines) is 1. The summed E-state index contributed by atoms with van der Waals surface area (Å²) in [5.41, 5.74) is 0. The van der Waals surface area contributed by atoms with E-state index in [1.807, 2.05) is 6.92 Å². The third-order valence-corrected chi connectivity index (χ3v) is 6.91. The number of amides is 1. The molecule has 2 rings (SSSR count). The van der Waals surface area contributed by atoms with Crippen LogP contribution in [0, 0.1) is 5.92 Å². The van der Waals surface area contributed by atoms with Gasteiger partial charge in [-0.2, -0.15) is 0 Å². The second kappa shape index (κ2) is 6.20. The van der Waals surface area contributed by atoms with Crippen molar-refractivity contribution in [2.75, 3.05) is 25.9 Å². The summed E-state index contributed by atoms with van der Waals surface area (Å²) in [6.45, 7) is 6.01. The Morgan fingerprint density at radius 2 is 1.80 bits per heavy atom. The molecule has 2 fully saturated rings. The Labute approximate surface area is 127 Å². The van der Waals surface area contributed by atoms with Crippen LogP contribution in [0.2, 0.25) is 0 Å². The Morgan fingerprint density at radius 3 is 2.20 bits per heavy atom. The van der Waals surface area contributed by atoms with Gasteiger partial charge >= 0.3 is 0 Å². The van der Waals surface area contributed by atoms with E-state index in [0.29, 0.717) is 38.4 Å². The van der Waals surface area contributed by atoms with Gasteiger partial charge in [-0.3, -0.25) is 4.79 Å². The topological polar surface area (TPSA) is 66.5 Å². The van der Waals surface area contributed by atoms with Crippen molar-refractivity contribution in [2.45, 2.75) is 43.9 Å². The lowest BCUT2D eigenvalue weighted by molar-refractivity contribution is -0.135. The Hall–Kier alpha value is -0.330. The highest BCUT2D eigenvalue weighted by Gasteiger charge is 2.52. The molecule has 0 aromatic rings. The summed E-state index contributed by atoms with van der Waals surface area (Å²) in [6, 6.07) is 0.140. The molecule has 0 radical (unpaired) electrons. The number of piperidine rings is 1. The average Bonchev–Trinajstić information content (AvgIpc) is 2.69. The lowest BCUT2D eigenvalue weighted by Crippen LogP contribution is -2.59. The van der Waals surface area contributed by atoms with Crippen LogP contribution < -0.4 is 5.32 Å². The van der Waals surface area contributed by atoms with Crippen molar-refractivity contribution in [3.05, 3.63) is 0 Å². The maximum Gasteiger partial charge on any atom is 0.244 e. The molecule has 1 N–H and O–H groups in total. The first-order valence-electron chi connectivity index (χ1n) is 7.01. The lowest BCUT2D eigenvalue weighted by atomic mass is 9.94. The summed E-state index contributed by atoms with van der Waals surface area (Å²) in [5.74, 6) is 0.274. The van der Waals surface area contributed by atoms with Crippen molar-refractivity contribution in [3.8, 4) is 0 Å². The Balaban J connectivity index is 0.00000200. The molecular formula is C13H25ClN2O3S. The molecule has 20 heavy (non-hydrogen) atoms. The predicted molar refractivity (Wildman–Crippen MR) is 81.9 cm³/mol. The summed E-state index contributed by atoms with van der Waals surface area (Å²) >= 11 is 0. The van der Waals surface area contributed by atoms with Gasteiger partial charge in [-0.15, -0.1) is 12.4 Å². The SMILES string of the molecule is CC1CCN(C(=O)C2(S(C)(=O)=O)CCNCC2)C1C.Cl. The number of nitrogens with one attached hydrogen (secondary N) is 1.